The van der Waals surface area contributed by atoms with Crippen LogP contribution in [0.2, 0.25) is 0 Å². The lowest BCUT2D eigenvalue weighted by atomic mass is 10.00. The van der Waals surface area contributed by atoms with E-state index in [-0.39, 0.29) is 0 Å². The summed E-state index contributed by atoms with van der Waals surface area (Å²) in [6.07, 6.45) is 0. The largest absolute Gasteiger partial charge is 0.456 e. The van der Waals surface area contributed by atoms with Crippen molar-refractivity contribution in [2.45, 2.75) is 0 Å². The van der Waals surface area contributed by atoms with Crippen molar-refractivity contribution in [2.24, 2.45) is 0 Å². The van der Waals surface area contributed by atoms with E-state index in [1.165, 1.54) is 0 Å². The summed E-state index contributed by atoms with van der Waals surface area (Å²) in [4.78, 5) is 4.17. The summed E-state index contributed by atoms with van der Waals surface area (Å²) in [6.45, 7) is 8.73. The summed E-state index contributed by atoms with van der Waals surface area (Å²) in [5, 5.41) is 23.7. The number of furan rings is 4. The van der Waals surface area contributed by atoms with Crippen LogP contribution in [0, 0.1) is 17.9 Å². The SMILES string of the molecule is [C-]#[N+]c1ccc(-n2c3ccc(-c4ccc5oc6ccccc6c5c4)cc3c3c4oc5ccccc5c4ccc32)c(C#N)c1-n1c2ccc(-c3ccc4oc5ccccc5c4c3)cc2c2c3oc4ccccc4c3ccc21. The van der Waals surface area contributed by atoms with Gasteiger partial charge in [-0.15, -0.1) is 0 Å². The van der Waals surface area contributed by atoms with Crippen molar-refractivity contribution < 1.29 is 17.7 Å². The number of benzene rings is 11. The Morgan fingerprint density at radius 3 is 1.24 bits per heavy atom. The van der Waals surface area contributed by atoms with Crippen LogP contribution in [0.4, 0.5) is 5.69 Å². The van der Waals surface area contributed by atoms with Gasteiger partial charge in [0.25, 0.3) is 0 Å². The van der Waals surface area contributed by atoms with Gasteiger partial charge < -0.3 is 26.8 Å². The number of nitriles is 1. The number of nitrogens with zero attached hydrogens (tertiary/aromatic N) is 4. The maximum atomic E-state index is 11.8. The van der Waals surface area contributed by atoms with E-state index < -0.39 is 0 Å². The molecule has 0 spiro atoms. The maximum absolute atomic E-state index is 11.8. The number of hydrogen-bond acceptors (Lipinski definition) is 5. The van der Waals surface area contributed by atoms with Crippen LogP contribution in [-0.2, 0) is 0 Å². The molecule has 8 heteroatoms. The Morgan fingerprint density at radius 2 is 0.750 bits per heavy atom. The van der Waals surface area contributed by atoms with Crippen LogP contribution in [-0.4, -0.2) is 9.13 Å². The van der Waals surface area contributed by atoms with Crippen LogP contribution in [0.15, 0.2) is 224 Å². The second-order valence-electron chi connectivity index (χ2n) is 19.7. The van der Waals surface area contributed by atoms with Crippen molar-refractivity contribution in [1.82, 2.24) is 9.13 Å². The summed E-state index contributed by atoms with van der Waals surface area (Å²) >= 11 is 0. The predicted octanol–water partition coefficient (Wildman–Crippen LogP) is 19.2. The molecule has 0 radical (unpaired) electrons. The van der Waals surface area contributed by atoms with Crippen molar-refractivity contribution in [3.63, 3.8) is 0 Å². The Hall–Kier alpha value is -10.8. The van der Waals surface area contributed by atoms with Gasteiger partial charge in [0.1, 0.15) is 50.7 Å². The molecule has 0 aliphatic rings. The van der Waals surface area contributed by atoms with Gasteiger partial charge in [0.05, 0.1) is 56.3 Å². The Bertz CT molecular complexity index is 5520. The predicted molar refractivity (Wildman–Crippen MR) is 306 cm³/mol. The van der Waals surface area contributed by atoms with Gasteiger partial charge in [0.2, 0.25) is 5.69 Å². The van der Waals surface area contributed by atoms with Crippen molar-refractivity contribution in [3.8, 4) is 39.7 Å². The lowest BCUT2D eigenvalue weighted by Gasteiger charge is -2.17. The molecule has 6 heterocycles. The van der Waals surface area contributed by atoms with Gasteiger partial charge in [0.15, 0.2) is 0 Å². The van der Waals surface area contributed by atoms with Gasteiger partial charge in [-0.25, -0.2) is 4.85 Å². The first-order valence-electron chi connectivity index (χ1n) is 25.1. The van der Waals surface area contributed by atoms with Crippen LogP contribution in [0.3, 0.4) is 0 Å². The zero-order valence-electron chi connectivity index (χ0n) is 40.1. The number of aromatic nitrogens is 2. The fourth-order valence-electron chi connectivity index (χ4n) is 12.4. The monoisotopic (exact) mass is 970 g/mol. The van der Waals surface area contributed by atoms with Crippen LogP contribution in [0.25, 0.3) is 170 Å². The highest BCUT2D eigenvalue weighted by molar-refractivity contribution is 6.26. The van der Waals surface area contributed by atoms with Gasteiger partial charge >= 0.3 is 0 Å². The van der Waals surface area contributed by atoms with E-state index in [1.807, 2.05) is 97.1 Å². The van der Waals surface area contributed by atoms with E-state index in [9.17, 15) is 5.26 Å². The molecule has 0 aliphatic carbocycles. The second kappa shape index (κ2) is 14.9. The maximum Gasteiger partial charge on any atom is 0.212 e. The van der Waals surface area contributed by atoms with E-state index in [1.54, 1.807) is 0 Å². The molecule has 8 nitrogen and oxygen atoms in total. The smallest absolute Gasteiger partial charge is 0.212 e. The number of hydrogen-bond donors (Lipinski definition) is 0. The highest BCUT2D eigenvalue weighted by Gasteiger charge is 2.27. The topological polar surface area (TPSA) is 90.6 Å². The summed E-state index contributed by atoms with van der Waals surface area (Å²) < 4.78 is 30.4. The van der Waals surface area contributed by atoms with Crippen LogP contribution < -0.4 is 0 Å². The zero-order valence-corrected chi connectivity index (χ0v) is 40.1. The van der Waals surface area contributed by atoms with Crippen molar-refractivity contribution >= 4 is 137 Å². The minimum atomic E-state index is 0.343. The summed E-state index contributed by atoms with van der Waals surface area (Å²) in [7, 11) is 0. The van der Waals surface area contributed by atoms with Gasteiger partial charge in [-0.05, 0) is 125 Å². The molecular formula is C68H34N4O4. The second-order valence-corrected chi connectivity index (χ2v) is 19.7. The summed E-state index contributed by atoms with van der Waals surface area (Å²) in [5.41, 5.74) is 15.8. The Morgan fingerprint density at radius 1 is 0.355 bits per heavy atom. The summed E-state index contributed by atoms with van der Waals surface area (Å²) in [5.74, 6) is 0. The molecule has 0 saturated heterocycles. The van der Waals surface area contributed by atoms with Gasteiger partial charge in [-0.2, -0.15) is 5.26 Å². The van der Waals surface area contributed by atoms with Crippen LogP contribution in [0.5, 0.6) is 0 Å². The number of fused-ring (bicyclic) bond motifs is 20. The third-order valence-electron chi connectivity index (χ3n) is 15.8. The van der Waals surface area contributed by atoms with E-state index >= 15 is 0 Å². The molecule has 350 valence electrons. The summed E-state index contributed by atoms with van der Waals surface area (Å²) in [6, 6.07) is 73.1. The quantitative estimate of drug-likeness (QED) is 0.164. The van der Waals surface area contributed by atoms with Crippen molar-refractivity contribution in [1.29, 1.82) is 5.26 Å². The number of para-hydroxylation sites is 4. The van der Waals surface area contributed by atoms with Crippen LogP contribution in [0.1, 0.15) is 5.56 Å². The Kier molecular flexibility index (Phi) is 7.99. The molecule has 17 aromatic rings. The molecular weight excluding hydrogens is 937 g/mol. The van der Waals surface area contributed by atoms with Gasteiger partial charge in [0, 0.05) is 53.9 Å². The molecule has 0 atom stereocenters. The van der Waals surface area contributed by atoms with Gasteiger partial charge in [-0.3, -0.25) is 0 Å². The average molecular weight is 971 g/mol. The molecule has 0 saturated carbocycles. The molecule has 17 rings (SSSR count). The first kappa shape index (κ1) is 40.8. The van der Waals surface area contributed by atoms with Gasteiger partial charge in [-0.1, -0.05) is 103 Å². The Balaban J connectivity index is 0.941. The zero-order chi connectivity index (χ0) is 49.9. The molecule has 0 aliphatic heterocycles. The lowest BCUT2D eigenvalue weighted by Crippen LogP contribution is -2.04. The van der Waals surface area contributed by atoms with E-state index in [0.717, 1.165) is 154 Å². The molecule has 0 fully saturated rings. The van der Waals surface area contributed by atoms with E-state index in [4.69, 9.17) is 24.2 Å². The molecule has 0 unspecified atom stereocenters. The molecule has 76 heavy (non-hydrogen) atoms. The first-order chi connectivity index (χ1) is 37.6. The number of rotatable bonds is 4. The molecule has 0 bridgehead atoms. The fourth-order valence-corrected chi connectivity index (χ4v) is 12.4. The standard InChI is InChI=1S/C68H34N4O4/c1-70-52-24-29-55(71-53-25-18-37(39-20-30-62-47(32-39)43-12-4-6-14-58(43)73-62)34-49(53)64-56(71)27-22-45-41-10-2-8-16-60(41)75-67(45)64)51(36-69)66(52)72-54-26-19-38(40-21-31-63-48(33-40)44-13-5-7-15-59(44)74-63)35-50(54)65-57(72)28-23-46-42-11-3-9-17-61(42)76-68(46)65/h2-35H. The van der Waals surface area contributed by atoms with E-state index in [2.05, 4.69) is 129 Å². The van der Waals surface area contributed by atoms with Crippen LogP contribution >= 0.6 is 0 Å². The van der Waals surface area contributed by atoms with Crippen molar-refractivity contribution in [3.05, 3.63) is 223 Å². The van der Waals surface area contributed by atoms with E-state index in [0.29, 0.717) is 22.6 Å². The molecule has 11 aromatic carbocycles. The first-order valence-corrected chi connectivity index (χ1v) is 25.1. The minimum Gasteiger partial charge on any atom is -0.456 e. The highest BCUT2D eigenvalue weighted by atomic mass is 16.3. The normalized spacial score (nSPS) is 12.2. The highest BCUT2D eigenvalue weighted by Crippen LogP contribution is 2.48. The third-order valence-corrected chi connectivity index (χ3v) is 15.8. The van der Waals surface area contributed by atoms with Crippen molar-refractivity contribution in [2.75, 3.05) is 0 Å². The minimum absolute atomic E-state index is 0.343. The Labute approximate surface area is 430 Å². The lowest BCUT2D eigenvalue weighted by molar-refractivity contribution is 0.668. The molecule has 0 N–H and O–H groups in total. The average Bonchev–Trinajstić information content (AvgIpc) is 4.39. The molecule has 6 aromatic heterocycles. The molecule has 0 amide bonds. The fraction of sp³-hybridized carbons (Fsp3) is 0. The third kappa shape index (κ3) is 5.43.